The van der Waals surface area contributed by atoms with Crippen molar-refractivity contribution >= 4 is 6.21 Å². The van der Waals surface area contributed by atoms with Gasteiger partial charge in [-0.05, 0) is 12.0 Å². The van der Waals surface area contributed by atoms with E-state index in [0.29, 0.717) is 0 Å². The SMILES string of the molecule is CCCCCCCCCCCCCCCN=Cc1ccccc1. The number of unbranched alkanes of at least 4 members (excludes halogenated alkanes) is 12. The van der Waals surface area contributed by atoms with Gasteiger partial charge in [-0.3, -0.25) is 4.99 Å². The molecule has 0 aliphatic carbocycles. The predicted molar refractivity (Wildman–Crippen MR) is 105 cm³/mol. The van der Waals surface area contributed by atoms with E-state index in [9.17, 15) is 0 Å². The molecule has 1 heteroatoms. The minimum atomic E-state index is 0.979. The summed E-state index contributed by atoms with van der Waals surface area (Å²) < 4.78 is 0. The Hall–Kier alpha value is -1.11. The molecule has 0 aliphatic heterocycles. The number of aliphatic imine (C=N–C) groups is 1. The summed E-state index contributed by atoms with van der Waals surface area (Å²) in [6.07, 6.45) is 20.3. The van der Waals surface area contributed by atoms with E-state index < -0.39 is 0 Å². The quantitative estimate of drug-likeness (QED) is 0.240. The Morgan fingerprint density at radius 2 is 1.13 bits per heavy atom. The van der Waals surface area contributed by atoms with Crippen molar-refractivity contribution in [2.24, 2.45) is 4.99 Å². The van der Waals surface area contributed by atoms with Crippen molar-refractivity contribution in [3.8, 4) is 0 Å². The van der Waals surface area contributed by atoms with E-state index in [0.717, 1.165) is 6.54 Å². The molecule has 0 radical (unpaired) electrons. The standard InChI is InChI=1S/C22H37N/c1-2-3-4-5-6-7-8-9-10-11-12-13-17-20-23-21-22-18-15-14-16-19-22/h14-16,18-19,21H,2-13,17,20H2,1H3. The first kappa shape index (κ1) is 19.9. The zero-order chi connectivity index (χ0) is 16.4. The summed E-state index contributed by atoms with van der Waals surface area (Å²) >= 11 is 0. The maximum Gasteiger partial charge on any atom is 0.0389 e. The molecule has 1 aromatic rings. The zero-order valence-electron chi connectivity index (χ0n) is 15.3. The van der Waals surface area contributed by atoms with E-state index in [2.05, 4.69) is 36.2 Å². The molecule has 0 aliphatic rings. The third kappa shape index (κ3) is 13.1. The largest absolute Gasteiger partial charge is 0.293 e. The first-order valence-corrected chi connectivity index (χ1v) is 9.98. The summed E-state index contributed by atoms with van der Waals surface area (Å²) in [4.78, 5) is 4.51. The number of hydrogen-bond acceptors (Lipinski definition) is 1. The molecule has 0 unspecified atom stereocenters. The number of rotatable bonds is 15. The van der Waals surface area contributed by atoms with E-state index in [-0.39, 0.29) is 0 Å². The second kappa shape index (κ2) is 15.8. The fourth-order valence-electron chi connectivity index (χ4n) is 2.93. The third-order valence-corrected chi connectivity index (χ3v) is 4.43. The first-order chi connectivity index (χ1) is 11.4. The molecule has 0 fully saturated rings. The van der Waals surface area contributed by atoms with E-state index in [1.165, 1.54) is 89.0 Å². The van der Waals surface area contributed by atoms with Crippen LogP contribution < -0.4 is 0 Å². The summed E-state index contributed by atoms with van der Waals surface area (Å²) in [5.74, 6) is 0. The summed E-state index contributed by atoms with van der Waals surface area (Å²) in [7, 11) is 0. The van der Waals surface area contributed by atoms with Gasteiger partial charge >= 0.3 is 0 Å². The lowest BCUT2D eigenvalue weighted by atomic mass is 10.0. The van der Waals surface area contributed by atoms with Crippen molar-refractivity contribution in [3.05, 3.63) is 35.9 Å². The molecule has 0 amide bonds. The lowest BCUT2D eigenvalue weighted by Gasteiger charge is -2.02. The van der Waals surface area contributed by atoms with Gasteiger partial charge in [0.25, 0.3) is 0 Å². The minimum Gasteiger partial charge on any atom is -0.293 e. The van der Waals surface area contributed by atoms with Gasteiger partial charge in [-0.2, -0.15) is 0 Å². The molecule has 0 aromatic heterocycles. The van der Waals surface area contributed by atoms with Crippen LogP contribution in [-0.2, 0) is 0 Å². The zero-order valence-corrected chi connectivity index (χ0v) is 15.3. The topological polar surface area (TPSA) is 12.4 Å². The third-order valence-electron chi connectivity index (χ3n) is 4.43. The van der Waals surface area contributed by atoms with Crippen LogP contribution in [0.1, 0.15) is 96.0 Å². The Labute approximate surface area is 144 Å². The average molecular weight is 316 g/mol. The maximum atomic E-state index is 4.51. The Morgan fingerprint density at radius 1 is 0.652 bits per heavy atom. The molecule has 0 heterocycles. The second-order valence-electron chi connectivity index (χ2n) is 6.69. The van der Waals surface area contributed by atoms with Crippen molar-refractivity contribution in [1.29, 1.82) is 0 Å². The molecule has 0 bridgehead atoms. The Bertz CT molecular complexity index is 369. The van der Waals surface area contributed by atoms with Crippen LogP contribution in [0.3, 0.4) is 0 Å². The second-order valence-corrected chi connectivity index (χ2v) is 6.69. The lowest BCUT2D eigenvalue weighted by Crippen LogP contribution is -1.86. The van der Waals surface area contributed by atoms with Gasteiger partial charge in [0.05, 0.1) is 0 Å². The van der Waals surface area contributed by atoms with Crippen LogP contribution >= 0.6 is 0 Å². The lowest BCUT2D eigenvalue weighted by molar-refractivity contribution is 0.540. The highest BCUT2D eigenvalue weighted by Crippen LogP contribution is 2.12. The molecule has 130 valence electrons. The molecular formula is C22H37N. The molecule has 1 aromatic carbocycles. The van der Waals surface area contributed by atoms with Gasteiger partial charge in [-0.15, -0.1) is 0 Å². The van der Waals surface area contributed by atoms with E-state index in [1.54, 1.807) is 0 Å². The molecule has 1 rings (SSSR count). The summed E-state index contributed by atoms with van der Waals surface area (Å²) in [6.45, 7) is 3.27. The van der Waals surface area contributed by atoms with Gasteiger partial charge in [-0.25, -0.2) is 0 Å². The number of nitrogens with zero attached hydrogens (tertiary/aromatic N) is 1. The van der Waals surface area contributed by atoms with Gasteiger partial charge in [0.2, 0.25) is 0 Å². The van der Waals surface area contributed by atoms with Crippen LogP contribution in [0.4, 0.5) is 0 Å². The van der Waals surface area contributed by atoms with Crippen molar-refractivity contribution < 1.29 is 0 Å². The smallest absolute Gasteiger partial charge is 0.0389 e. The van der Waals surface area contributed by atoms with Crippen LogP contribution in [0.25, 0.3) is 0 Å². The Kier molecular flexibility index (Phi) is 13.7. The highest BCUT2D eigenvalue weighted by Gasteiger charge is 1.93. The van der Waals surface area contributed by atoms with Crippen molar-refractivity contribution in [2.75, 3.05) is 6.54 Å². The molecule has 0 spiro atoms. The molecule has 23 heavy (non-hydrogen) atoms. The molecule has 0 saturated heterocycles. The van der Waals surface area contributed by atoms with Crippen molar-refractivity contribution in [3.63, 3.8) is 0 Å². The summed E-state index contributed by atoms with van der Waals surface area (Å²) in [5, 5.41) is 0. The normalized spacial score (nSPS) is 11.3. The van der Waals surface area contributed by atoms with E-state index in [1.807, 2.05) is 12.3 Å². The summed E-state index contributed by atoms with van der Waals surface area (Å²) in [6, 6.07) is 10.4. The first-order valence-electron chi connectivity index (χ1n) is 9.98. The van der Waals surface area contributed by atoms with Gasteiger partial charge in [0, 0.05) is 12.8 Å². The van der Waals surface area contributed by atoms with Gasteiger partial charge in [-0.1, -0.05) is 114 Å². The Morgan fingerprint density at radius 3 is 1.65 bits per heavy atom. The predicted octanol–water partition coefficient (Wildman–Crippen LogP) is 7.20. The maximum absolute atomic E-state index is 4.51. The van der Waals surface area contributed by atoms with Crippen LogP contribution in [0.15, 0.2) is 35.3 Å². The van der Waals surface area contributed by atoms with Crippen molar-refractivity contribution in [1.82, 2.24) is 0 Å². The molecule has 1 nitrogen and oxygen atoms in total. The average Bonchev–Trinajstić information content (AvgIpc) is 2.59. The molecule has 0 atom stereocenters. The van der Waals surface area contributed by atoms with Crippen molar-refractivity contribution in [2.45, 2.75) is 90.4 Å². The summed E-state index contributed by atoms with van der Waals surface area (Å²) in [5.41, 5.74) is 1.21. The number of hydrogen-bond donors (Lipinski definition) is 0. The highest BCUT2D eigenvalue weighted by molar-refractivity contribution is 5.79. The Balaban J connectivity index is 1.77. The van der Waals surface area contributed by atoms with E-state index >= 15 is 0 Å². The molecule has 0 saturated carbocycles. The molecular weight excluding hydrogens is 278 g/mol. The van der Waals surface area contributed by atoms with Gasteiger partial charge in [0.15, 0.2) is 0 Å². The monoisotopic (exact) mass is 315 g/mol. The highest BCUT2D eigenvalue weighted by atomic mass is 14.7. The number of benzene rings is 1. The van der Waals surface area contributed by atoms with E-state index in [4.69, 9.17) is 0 Å². The van der Waals surface area contributed by atoms with Crippen LogP contribution in [0.5, 0.6) is 0 Å². The van der Waals surface area contributed by atoms with Gasteiger partial charge < -0.3 is 0 Å². The molecule has 0 N–H and O–H groups in total. The van der Waals surface area contributed by atoms with Gasteiger partial charge in [0.1, 0.15) is 0 Å². The fourth-order valence-corrected chi connectivity index (χ4v) is 2.93. The fraction of sp³-hybridized carbons (Fsp3) is 0.682. The van der Waals surface area contributed by atoms with Crippen LogP contribution in [0, 0.1) is 0 Å². The minimum absolute atomic E-state index is 0.979. The van der Waals surface area contributed by atoms with Crippen LogP contribution in [-0.4, -0.2) is 12.8 Å². The van der Waals surface area contributed by atoms with Crippen LogP contribution in [0.2, 0.25) is 0 Å².